The SMILES string of the molecule is COC(=O)[C@H](CCNC(=O)c1ccccc1)NC(=O)c1ccccc1. The number of methoxy groups -OCH3 is 1. The minimum absolute atomic E-state index is 0.225. The van der Waals surface area contributed by atoms with E-state index in [0.717, 1.165) is 0 Å². The number of hydrogen-bond acceptors (Lipinski definition) is 4. The Balaban J connectivity index is 1.91. The van der Waals surface area contributed by atoms with Crippen LogP contribution in [0.15, 0.2) is 60.7 Å². The molecule has 6 heteroatoms. The van der Waals surface area contributed by atoms with E-state index in [0.29, 0.717) is 11.1 Å². The van der Waals surface area contributed by atoms with Crippen molar-refractivity contribution in [2.24, 2.45) is 0 Å². The molecule has 0 aliphatic carbocycles. The Morgan fingerprint density at radius 3 is 1.92 bits per heavy atom. The fourth-order valence-corrected chi connectivity index (χ4v) is 2.24. The Bertz CT molecular complexity index is 717. The van der Waals surface area contributed by atoms with Crippen molar-refractivity contribution in [3.8, 4) is 0 Å². The molecule has 0 aliphatic heterocycles. The normalized spacial score (nSPS) is 11.2. The highest BCUT2D eigenvalue weighted by atomic mass is 16.5. The fraction of sp³-hybridized carbons (Fsp3) is 0.211. The number of amides is 2. The van der Waals surface area contributed by atoms with Gasteiger partial charge in [0.15, 0.2) is 0 Å². The Morgan fingerprint density at radius 2 is 1.40 bits per heavy atom. The zero-order valence-corrected chi connectivity index (χ0v) is 13.9. The summed E-state index contributed by atoms with van der Waals surface area (Å²) in [7, 11) is 1.26. The van der Waals surface area contributed by atoms with Crippen LogP contribution in [0.4, 0.5) is 0 Å². The Labute approximate surface area is 146 Å². The van der Waals surface area contributed by atoms with Crippen molar-refractivity contribution in [3.63, 3.8) is 0 Å². The topological polar surface area (TPSA) is 84.5 Å². The van der Waals surface area contributed by atoms with Crippen LogP contribution in [0.1, 0.15) is 27.1 Å². The Hall–Kier alpha value is -3.15. The van der Waals surface area contributed by atoms with Crippen molar-refractivity contribution in [2.45, 2.75) is 12.5 Å². The zero-order chi connectivity index (χ0) is 18.1. The summed E-state index contributed by atoms with van der Waals surface area (Å²) in [5.74, 6) is -1.16. The van der Waals surface area contributed by atoms with Gasteiger partial charge < -0.3 is 15.4 Å². The fourth-order valence-electron chi connectivity index (χ4n) is 2.24. The first-order valence-corrected chi connectivity index (χ1v) is 7.89. The van der Waals surface area contributed by atoms with Gasteiger partial charge in [-0.15, -0.1) is 0 Å². The van der Waals surface area contributed by atoms with E-state index in [1.807, 2.05) is 6.07 Å². The Morgan fingerprint density at radius 1 is 0.880 bits per heavy atom. The van der Waals surface area contributed by atoms with Crippen LogP contribution in [-0.4, -0.2) is 37.5 Å². The third kappa shape index (κ3) is 5.46. The lowest BCUT2D eigenvalue weighted by Crippen LogP contribution is -2.43. The van der Waals surface area contributed by atoms with Gasteiger partial charge >= 0.3 is 5.97 Å². The van der Waals surface area contributed by atoms with Crippen molar-refractivity contribution < 1.29 is 19.1 Å². The molecule has 2 aromatic carbocycles. The van der Waals surface area contributed by atoms with Crippen LogP contribution < -0.4 is 10.6 Å². The van der Waals surface area contributed by atoms with Gasteiger partial charge in [0.05, 0.1) is 7.11 Å². The maximum absolute atomic E-state index is 12.2. The molecule has 0 fully saturated rings. The summed E-state index contributed by atoms with van der Waals surface area (Å²) in [6.45, 7) is 0.225. The number of esters is 1. The summed E-state index contributed by atoms with van der Waals surface area (Å²) >= 11 is 0. The molecule has 0 heterocycles. The molecule has 2 amide bonds. The van der Waals surface area contributed by atoms with E-state index in [2.05, 4.69) is 10.6 Å². The average molecular weight is 340 g/mol. The smallest absolute Gasteiger partial charge is 0.328 e. The quantitative estimate of drug-likeness (QED) is 0.753. The first-order valence-electron chi connectivity index (χ1n) is 7.89. The van der Waals surface area contributed by atoms with E-state index in [4.69, 9.17) is 4.74 Å². The Kier molecular flexibility index (Phi) is 6.71. The van der Waals surface area contributed by atoms with Gasteiger partial charge in [0, 0.05) is 17.7 Å². The molecule has 2 N–H and O–H groups in total. The summed E-state index contributed by atoms with van der Waals surface area (Å²) < 4.78 is 4.72. The standard InChI is InChI=1S/C19H20N2O4/c1-25-19(24)16(21-18(23)15-10-6-3-7-11-15)12-13-20-17(22)14-8-4-2-5-9-14/h2-11,16H,12-13H2,1H3,(H,20,22)(H,21,23)/t16-/m0/s1. The van der Waals surface area contributed by atoms with Gasteiger partial charge in [-0.2, -0.15) is 0 Å². The van der Waals surface area contributed by atoms with Gasteiger partial charge in [-0.3, -0.25) is 9.59 Å². The largest absolute Gasteiger partial charge is 0.467 e. The molecule has 130 valence electrons. The predicted molar refractivity (Wildman–Crippen MR) is 93.1 cm³/mol. The molecule has 0 aromatic heterocycles. The van der Waals surface area contributed by atoms with E-state index >= 15 is 0 Å². The van der Waals surface area contributed by atoms with E-state index < -0.39 is 12.0 Å². The average Bonchev–Trinajstić information content (AvgIpc) is 2.67. The molecule has 1 atom stereocenters. The summed E-state index contributed by atoms with van der Waals surface area (Å²) in [4.78, 5) is 36.1. The molecule has 6 nitrogen and oxygen atoms in total. The summed E-state index contributed by atoms with van der Waals surface area (Å²) in [6, 6.07) is 16.5. The second-order valence-corrected chi connectivity index (χ2v) is 5.33. The molecule has 0 saturated carbocycles. The molecule has 0 aliphatic rings. The van der Waals surface area contributed by atoms with Crippen LogP contribution in [0.25, 0.3) is 0 Å². The van der Waals surface area contributed by atoms with Crippen LogP contribution in [0.5, 0.6) is 0 Å². The third-order valence-electron chi connectivity index (χ3n) is 3.58. The molecule has 0 bridgehead atoms. The maximum Gasteiger partial charge on any atom is 0.328 e. The van der Waals surface area contributed by atoms with Crippen molar-refractivity contribution in [1.82, 2.24) is 10.6 Å². The minimum Gasteiger partial charge on any atom is -0.467 e. The molecular weight excluding hydrogens is 320 g/mol. The first-order chi connectivity index (χ1) is 12.1. The minimum atomic E-state index is -0.839. The van der Waals surface area contributed by atoms with Crippen LogP contribution in [0.2, 0.25) is 0 Å². The van der Waals surface area contributed by atoms with Crippen LogP contribution in [0, 0.1) is 0 Å². The van der Waals surface area contributed by atoms with Crippen molar-refractivity contribution in [1.29, 1.82) is 0 Å². The molecule has 25 heavy (non-hydrogen) atoms. The number of hydrogen-bond donors (Lipinski definition) is 2. The van der Waals surface area contributed by atoms with Gasteiger partial charge in [0.2, 0.25) is 0 Å². The van der Waals surface area contributed by atoms with Crippen molar-refractivity contribution >= 4 is 17.8 Å². The molecule has 0 radical (unpaired) electrons. The number of ether oxygens (including phenoxy) is 1. The second kappa shape index (κ2) is 9.22. The monoisotopic (exact) mass is 340 g/mol. The molecule has 2 rings (SSSR count). The lowest BCUT2D eigenvalue weighted by atomic mass is 10.1. The molecule has 2 aromatic rings. The maximum atomic E-state index is 12.2. The summed E-state index contributed by atoms with van der Waals surface area (Å²) in [5, 5.41) is 5.36. The number of carbonyl (C=O) groups is 3. The predicted octanol–water partition coefficient (Wildman–Crippen LogP) is 1.78. The highest BCUT2D eigenvalue weighted by Gasteiger charge is 2.22. The second-order valence-electron chi connectivity index (χ2n) is 5.33. The van der Waals surface area contributed by atoms with Gasteiger partial charge in [-0.1, -0.05) is 36.4 Å². The van der Waals surface area contributed by atoms with Crippen LogP contribution in [-0.2, 0) is 9.53 Å². The van der Waals surface area contributed by atoms with E-state index in [1.165, 1.54) is 7.11 Å². The molecule has 0 spiro atoms. The van der Waals surface area contributed by atoms with Gasteiger partial charge in [0.25, 0.3) is 11.8 Å². The summed E-state index contributed by atoms with van der Waals surface area (Å²) in [6.07, 6.45) is 0.226. The van der Waals surface area contributed by atoms with Gasteiger partial charge in [-0.25, -0.2) is 4.79 Å². The molecule has 0 unspecified atom stereocenters. The van der Waals surface area contributed by atoms with E-state index in [9.17, 15) is 14.4 Å². The van der Waals surface area contributed by atoms with Crippen LogP contribution >= 0.6 is 0 Å². The zero-order valence-electron chi connectivity index (χ0n) is 13.9. The number of rotatable bonds is 7. The van der Waals surface area contributed by atoms with Crippen molar-refractivity contribution in [3.05, 3.63) is 71.8 Å². The lowest BCUT2D eigenvalue weighted by Gasteiger charge is -2.17. The third-order valence-corrected chi connectivity index (χ3v) is 3.58. The lowest BCUT2D eigenvalue weighted by molar-refractivity contribution is -0.143. The molecule has 0 saturated heterocycles. The van der Waals surface area contributed by atoms with E-state index in [1.54, 1.807) is 54.6 Å². The van der Waals surface area contributed by atoms with Crippen LogP contribution in [0.3, 0.4) is 0 Å². The number of carbonyl (C=O) groups excluding carboxylic acids is 3. The highest BCUT2D eigenvalue weighted by Crippen LogP contribution is 2.03. The van der Waals surface area contributed by atoms with Gasteiger partial charge in [-0.05, 0) is 30.7 Å². The van der Waals surface area contributed by atoms with E-state index in [-0.39, 0.29) is 24.8 Å². The highest BCUT2D eigenvalue weighted by molar-refractivity contribution is 5.97. The van der Waals surface area contributed by atoms with Crippen molar-refractivity contribution in [2.75, 3.05) is 13.7 Å². The molecular formula is C19H20N2O4. The number of nitrogens with one attached hydrogen (secondary N) is 2. The first kappa shape index (κ1) is 18.2. The summed E-state index contributed by atoms with van der Waals surface area (Å²) in [5.41, 5.74) is 0.982. The number of benzene rings is 2. The van der Waals surface area contributed by atoms with Gasteiger partial charge in [0.1, 0.15) is 6.04 Å².